The van der Waals surface area contributed by atoms with Crippen LogP contribution in [-0.2, 0) is 13.1 Å². The van der Waals surface area contributed by atoms with Crippen molar-refractivity contribution in [2.24, 2.45) is 0 Å². The van der Waals surface area contributed by atoms with Crippen LogP contribution in [0, 0.1) is 0 Å². The van der Waals surface area contributed by atoms with Crippen LogP contribution >= 0.6 is 23.2 Å². The third-order valence-electron chi connectivity index (χ3n) is 6.17. The Labute approximate surface area is 202 Å². The lowest BCUT2D eigenvalue weighted by molar-refractivity contribution is 0.0680. The number of nitrogens with zero attached hydrogens (tertiary/aromatic N) is 5. The molecule has 3 heterocycles. The van der Waals surface area contributed by atoms with Crippen LogP contribution in [-0.4, -0.2) is 64.1 Å². The highest BCUT2D eigenvalue weighted by Crippen LogP contribution is 2.26. The van der Waals surface area contributed by atoms with Crippen molar-refractivity contribution in [3.8, 4) is 0 Å². The highest BCUT2D eigenvalue weighted by molar-refractivity contribution is 6.33. The van der Waals surface area contributed by atoms with E-state index in [1.165, 1.54) is 0 Å². The number of rotatable bonds is 4. The summed E-state index contributed by atoms with van der Waals surface area (Å²) in [6.45, 7) is 4.00. The van der Waals surface area contributed by atoms with Gasteiger partial charge < -0.3 is 14.7 Å². The zero-order valence-electron chi connectivity index (χ0n) is 18.0. The molecule has 2 aromatic carbocycles. The van der Waals surface area contributed by atoms with Gasteiger partial charge in [0.2, 0.25) is 0 Å². The Balaban J connectivity index is 1.26. The number of benzene rings is 2. The van der Waals surface area contributed by atoms with Crippen LogP contribution in [0.25, 0.3) is 0 Å². The molecule has 0 bridgehead atoms. The van der Waals surface area contributed by atoms with E-state index in [0.717, 1.165) is 11.3 Å². The first-order chi connectivity index (χ1) is 16.0. The predicted molar refractivity (Wildman–Crippen MR) is 128 cm³/mol. The van der Waals surface area contributed by atoms with E-state index in [1.54, 1.807) is 20.5 Å². The summed E-state index contributed by atoms with van der Waals surface area (Å²) in [5.41, 5.74) is 2.62. The van der Waals surface area contributed by atoms with E-state index in [-0.39, 0.29) is 11.8 Å². The minimum absolute atomic E-state index is 0.142. The van der Waals surface area contributed by atoms with Gasteiger partial charge >= 0.3 is 0 Å². The molecule has 1 aromatic heterocycles. The van der Waals surface area contributed by atoms with Crippen LogP contribution in [0.15, 0.2) is 54.6 Å². The number of para-hydroxylation sites is 1. The molecule has 9 heteroatoms. The number of hydrogen-bond donors (Lipinski definition) is 0. The lowest BCUT2D eigenvalue weighted by Crippen LogP contribution is -2.49. The predicted octanol–water partition coefficient (Wildman–Crippen LogP) is 3.81. The largest absolute Gasteiger partial charge is 0.367 e. The summed E-state index contributed by atoms with van der Waals surface area (Å²) in [7, 11) is 0. The first-order valence-corrected chi connectivity index (χ1v) is 11.7. The van der Waals surface area contributed by atoms with Gasteiger partial charge in [-0.1, -0.05) is 53.5 Å². The van der Waals surface area contributed by atoms with Gasteiger partial charge in [0.1, 0.15) is 5.69 Å². The van der Waals surface area contributed by atoms with Gasteiger partial charge in [0, 0.05) is 50.4 Å². The highest BCUT2D eigenvalue weighted by atomic mass is 35.5. The maximum Gasteiger partial charge on any atom is 0.274 e. The Morgan fingerprint density at radius 1 is 0.879 bits per heavy atom. The van der Waals surface area contributed by atoms with Crippen molar-refractivity contribution in [1.29, 1.82) is 0 Å². The number of anilines is 1. The molecule has 0 atom stereocenters. The molecule has 2 aliphatic rings. The summed E-state index contributed by atoms with van der Waals surface area (Å²) in [6, 6.07) is 16.8. The van der Waals surface area contributed by atoms with E-state index in [4.69, 9.17) is 23.2 Å². The zero-order chi connectivity index (χ0) is 22.9. The molecule has 1 fully saturated rings. The Morgan fingerprint density at radius 2 is 1.58 bits per heavy atom. The third-order valence-corrected chi connectivity index (χ3v) is 6.85. The van der Waals surface area contributed by atoms with Crippen LogP contribution in [0.2, 0.25) is 10.0 Å². The van der Waals surface area contributed by atoms with Gasteiger partial charge in [-0.25, -0.2) is 0 Å². The van der Waals surface area contributed by atoms with Gasteiger partial charge in [-0.05, 0) is 23.8 Å². The van der Waals surface area contributed by atoms with E-state index in [1.807, 2.05) is 48.5 Å². The molecule has 2 amide bonds. The molecule has 5 rings (SSSR count). The quantitative estimate of drug-likeness (QED) is 0.565. The van der Waals surface area contributed by atoms with Gasteiger partial charge in [-0.15, -0.1) is 0 Å². The Morgan fingerprint density at radius 3 is 2.30 bits per heavy atom. The van der Waals surface area contributed by atoms with Crippen molar-refractivity contribution < 1.29 is 9.59 Å². The third kappa shape index (κ3) is 4.30. The summed E-state index contributed by atoms with van der Waals surface area (Å²) in [5, 5.41) is 5.79. The Hall–Kier alpha value is -3.03. The van der Waals surface area contributed by atoms with Gasteiger partial charge in [-0.2, -0.15) is 5.10 Å². The van der Waals surface area contributed by atoms with Crippen LogP contribution in [0.4, 0.5) is 5.69 Å². The first kappa shape index (κ1) is 21.8. The molecule has 0 radical (unpaired) electrons. The molecule has 2 aliphatic heterocycles. The second-order valence-electron chi connectivity index (χ2n) is 8.19. The maximum absolute atomic E-state index is 13.1. The molecule has 0 N–H and O–H groups in total. The molecule has 33 heavy (non-hydrogen) atoms. The summed E-state index contributed by atoms with van der Waals surface area (Å²) >= 11 is 12.6. The van der Waals surface area contributed by atoms with E-state index in [0.29, 0.717) is 67.2 Å². The minimum atomic E-state index is -0.152. The highest BCUT2D eigenvalue weighted by Gasteiger charge is 2.30. The minimum Gasteiger partial charge on any atom is -0.367 e. The summed E-state index contributed by atoms with van der Waals surface area (Å²) in [4.78, 5) is 31.9. The summed E-state index contributed by atoms with van der Waals surface area (Å²) in [5.74, 6) is -0.294. The van der Waals surface area contributed by atoms with E-state index in [9.17, 15) is 9.59 Å². The number of amides is 2. The number of carbonyl (C=O) groups is 2. The van der Waals surface area contributed by atoms with Gasteiger partial charge in [0.25, 0.3) is 11.8 Å². The number of piperazine rings is 1. The molecule has 0 unspecified atom stereocenters. The number of aromatic nitrogens is 2. The topological polar surface area (TPSA) is 61.7 Å². The molecule has 0 aliphatic carbocycles. The van der Waals surface area contributed by atoms with Crippen molar-refractivity contribution >= 4 is 40.7 Å². The Bertz CT molecular complexity index is 1200. The molecule has 170 valence electrons. The standard InChI is InChI=1S/C24H23Cl2N5O2/c25-18-6-2-1-5-17(18)16-30-13-14-31-22(24(30)33)15-20(27-31)23(32)29-11-9-28(10-12-29)21-8-4-3-7-19(21)26/h1-8,15H,9-14,16H2. The van der Waals surface area contributed by atoms with Crippen molar-refractivity contribution in [1.82, 2.24) is 19.6 Å². The molecule has 7 nitrogen and oxygen atoms in total. The average molecular weight is 484 g/mol. The van der Waals surface area contributed by atoms with Crippen molar-refractivity contribution in [3.63, 3.8) is 0 Å². The van der Waals surface area contributed by atoms with E-state index in [2.05, 4.69) is 10.00 Å². The number of fused-ring (bicyclic) bond motifs is 1. The number of halogens is 2. The molecular formula is C24H23Cl2N5O2. The smallest absolute Gasteiger partial charge is 0.274 e. The fourth-order valence-corrected chi connectivity index (χ4v) is 4.80. The lowest BCUT2D eigenvalue weighted by atomic mass is 10.2. The van der Waals surface area contributed by atoms with Crippen molar-refractivity contribution in [2.45, 2.75) is 13.1 Å². The van der Waals surface area contributed by atoms with Crippen molar-refractivity contribution in [3.05, 3.63) is 81.6 Å². The monoisotopic (exact) mass is 483 g/mol. The van der Waals surface area contributed by atoms with E-state index < -0.39 is 0 Å². The van der Waals surface area contributed by atoms with Crippen molar-refractivity contribution in [2.75, 3.05) is 37.6 Å². The summed E-state index contributed by atoms with van der Waals surface area (Å²) in [6.07, 6.45) is 0. The zero-order valence-corrected chi connectivity index (χ0v) is 19.5. The Kier molecular flexibility index (Phi) is 6.00. The second kappa shape index (κ2) is 9.08. The summed E-state index contributed by atoms with van der Waals surface area (Å²) < 4.78 is 1.64. The number of carbonyl (C=O) groups excluding carboxylic acids is 2. The molecule has 3 aromatic rings. The van der Waals surface area contributed by atoms with Crippen LogP contribution in [0.3, 0.4) is 0 Å². The van der Waals surface area contributed by atoms with Crippen LogP contribution in [0.5, 0.6) is 0 Å². The number of hydrogen-bond acceptors (Lipinski definition) is 4. The fourth-order valence-electron chi connectivity index (χ4n) is 4.35. The molecular weight excluding hydrogens is 461 g/mol. The average Bonchev–Trinajstić information content (AvgIpc) is 3.27. The van der Waals surface area contributed by atoms with Gasteiger partial charge in [-0.3, -0.25) is 14.3 Å². The lowest BCUT2D eigenvalue weighted by Gasteiger charge is -2.36. The second-order valence-corrected chi connectivity index (χ2v) is 9.00. The SMILES string of the molecule is O=C(c1cc2n(n1)CCN(Cc1ccccc1Cl)C2=O)N1CCN(c2ccccc2Cl)CC1. The molecule has 0 spiro atoms. The molecule has 1 saturated heterocycles. The van der Waals surface area contributed by atoms with Gasteiger partial charge in [0.05, 0.1) is 17.3 Å². The normalized spacial score (nSPS) is 16.2. The van der Waals surface area contributed by atoms with Crippen LogP contribution in [0.1, 0.15) is 26.5 Å². The van der Waals surface area contributed by atoms with Crippen LogP contribution < -0.4 is 4.90 Å². The molecule has 0 saturated carbocycles. The van der Waals surface area contributed by atoms with Gasteiger partial charge in [0.15, 0.2) is 5.69 Å². The van der Waals surface area contributed by atoms with E-state index >= 15 is 0 Å². The maximum atomic E-state index is 13.1. The fraction of sp³-hybridized carbons (Fsp3) is 0.292. The first-order valence-electron chi connectivity index (χ1n) is 10.9.